The fraction of sp³-hybridized carbons (Fsp3) is 0.750. The van der Waals surface area contributed by atoms with Crippen LogP contribution in [0.5, 0.6) is 0 Å². The van der Waals surface area contributed by atoms with Crippen molar-refractivity contribution in [3.05, 3.63) is 17.0 Å². The molecule has 0 radical (unpaired) electrons. The largest absolute Gasteiger partial charge is 0.393 e. The number of amides is 1. The zero-order chi connectivity index (χ0) is 15.0. The number of likely N-dealkylation sites (tertiary alicyclic amines) is 1. The van der Waals surface area contributed by atoms with Gasteiger partial charge in [-0.1, -0.05) is 13.8 Å². The van der Waals surface area contributed by atoms with E-state index in [-0.39, 0.29) is 12.0 Å². The first kappa shape index (κ1) is 14.6. The third kappa shape index (κ3) is 2.84. The van der Waals surface area contributed by atoms with Gasteiger partial charge in [0, 0.05) is 37.3 Å². The molecule has 1 unspecified atom stereocenters. The lowest BCUT2D eigenvalue weighted by Gasteiger charge is -2.20. The minimum atomic E-state index is -0.334. The molecule has 1 aliphatic carbocycles. The summed E-state index contributed by atoms with van der Waals surface area (Å²) in [6, 6.07) is 0. The van der Waals surface area contributed by atoms with E-state index in [0.29, 0.717) is 18.0 Å². The molecule has 1 aromatic heterocycles. The van der Waals surface area contributed by atoms with Crippen LogP contribution in [0.4, 0.5) is 0 Å². The molecule has 0 aromatic carbocycles. The zero-order valence-electron chi connectivity index (χ0n) is 13.0. The lowest BCUT2D eigenvalue weighted by atomic mass is 9.93. The molecule has 1 amide bonds. The van der Waals surface area contributed by atoms with Crippen molar-refractivity contribution >= 4 is 5.91 Å². The summed E-state index contributed by atoms with van der Waals surface area (Å²) in [5.74, 6) is 0.552. The van der Waals surface area contributed by atoms with Crippen molar-refractivity contribution in [1.29, 1.82) is 0 Å². The highest BCUT2D eigenvalue weighted by Crippen LogP contribution is 2.27. The number of rotatable bonds is 3. The molecule has 2 heterocycles. The van der Waals surface area contributed by atoms with E-state index in [0.717, 1.165) is 56.6 Å². The number of aliphatic hydroxyl groups excluding tert-OH is 1. The van der Waals surface area contributed by atoms with E-state index in [1.807, 2.05) is 9.58 Å². The topological polar surface area (TPSA) is 58.4 Å². The van der Waals surface area contributed by atoms with Gasteiger partial charge in [0.05, 0.1) is 6.10 Å². The highest BCUT2D eigenvalue weighted by atomic mass is 16.3. The second kappa shape index (κ2) is 5.79. The second-order valence-electron chi connectivity index (χ2n) is 6.75. The molecule has 1 atom stereocenters. The molecule has 1 aliphatic heterocycles. The van der Waals surface area contributed by atoms with E-state index in [1.54, 1.807) is 0 Å². The molecule has 0 saturated carbocycles. The Labute approximate surface area is 125 Å². The van der Waals surface area contributed by atoms with E-state index < -0.39 is 0 Å². The van der Waals surface area contributed by atoms with Crippen LogP contribution in [0.25, 0.3) is 0 Å². The maximum atomic E-state index is 12.7. The summed E-state index contributed by atoms with van der Waals surface area (Å²) in [4.78, 5) is 14.6. The molecule has 3 rings (SSSR count). The fourth-order valence-corrected chi connectivity index (χ4v) is 3.41. The third-order valence-corrected chi connectivity index (χ3v) is 4.45. The second-order valence-corrected chi connectivity index (χ2v) is 6.75. The van der Waals surface area contributed by atoms with Crippen molar-refractivity contribution in [1.82, 2.24) is 14.7 Å². The van der Waals surface area contributed by atoms with Gasteiger partial charge in [-0.15, -0.1) is 0 Å². The summed E-state index contributed by atoms with van der Waals surface area (Å²) >= 11 is 0. The van der Waals surface area contributed by atoms with Crippen LogP contribution in [0.2, 0.25) is 0 Å². The predicted octanol–water partition coefficient (Wildman–Crippen LogP) is 1.62. The van der Waals surface area contributed by atoms with Crippen LogP contribution in [-0.2, 0) is 19.4 Å². The molecule has 1 saturated heterocycles. The van der Waals surface area contributed by atoms with E-state index in [2.05, 4.69) is 18.9 Å². The van der Waals surface area contributed by atoms with E-state index in [4.69, 9.17) is 0 Å². The Morgan fingerprint density at radius 1 is 1.38 bits per heavy atom. The van der Waals surface area contributed by atoms with E-state index in [9.17, 15) is 9.90 Å². The molecule has 1 N–H and O–H groups in total. The molecule has 1 aromatic rings. The highest BCUT2D eigenvalue weighted by molar-refractivity contribution is 5.94. The van der Waals surface area contributed by atoms with Crippen LogP contribution in [0.3, 0.4) is 0 Å². The molecule has 1 fully saturated rings. The van der Waals surface area contributed by atoms with Gasteiger partial charge in [-0.05, 0) is 31.6 Å². The van der Waals surface area contributed by atoms with Crippen molar-refractivity contribution in [2.24, 2.45) is 5.92 Å². The summed E-state index contributed by atoms with van der Waals surface area (Å²) in [5.41, 5.74) is 2.74. The van der Waals surface area contributed by atoms with Crippen LogP contribution < -0.4 is 0 Å². The van der Waals surface area contributed by atoms with Crippen molar-refractivity contribution in [3.8, 4) is 0 Å². The lowest BCUT2D eigenvalue weighted by molar-refractivity contribution is 0.0783. The summed E-state index contributed by atoms with van der Waals surface area (Å²) in [7, 11) is 0. The average molecular weight is 291 g/mol. The number of aliphatic hydroxyl groups is 1. The van der Waals surface area contributed by atoms with Gasteiger partial charge in [0.2, 0.25) is 0 Å². The van der Waals surface area contributed by atoms with Crippen molar-refractivity contribution in [3.63, 3.8) is 0 Å². The van der Waals surface area contributed by atoms with Crippen LogP contribution in [-0.4, -0.2) is 44.9 Å². The van der Waals surface area contributed by atoms with Crippen molar-refractivity contribution < 1.29 is 9.90 Å². The molecular formula is C16H25N3O2. The average Bonchev–Trinajstić information content (AvgIpc) is 3.05. The Morgan fingerprint density at radius 2 is 2.10 bits per heavy atom. The van der Waals surface area contributed by atoms with E-state index in [1.165, 1.54) is 0 Å². The van der Waals surface area contributed by atoms with Gasteiger partial charge in [-0.2, -0.15) is 5.10 Å². The van der Waals surface area contributed by atoms with Crippen LogP contribution in [0.15, 0.2) is 0 Å². The lowest BCUT2D eigenvalue weighted by Crippen LogP contribution is -2.30. The number of hydrogen-bond acceptors (Lipinski definition) is 3. The number of aromatic nitrogens is 2. The summed E-state index contributed by atoms with van der Waals surface area (Å²) in [5, 5.41) is 14.6. The molecule has 5 nitrogen and oxygen atoms in total. The molecule has 0 spiro atoms. The maximum Gasteiger partial charge on any atom is 0.274 e. The fourth-order valence-electron chi connectivity index (χ4n) is 3.41. The van der Waals surface area contributed by atoms with Crippen LogP contribution >= 0.6 is 0 Å². The number of hydrogen-bond donors (Lipinski definition) is 1. The van der Waals surface area contributed by atoms with Gasteiger partial charge in [-0.3, -0.25) is 9.48 Å². The molecule has 116 valence electrons. The normalized spacial score (nSPS) is 21.9. The summed E-state index contributed by atoms with van der Waals surface area (Å²) < 4.78 is 2.01. The van der Waals surface area contributed by atoms with E-state index >= 15 is 0 Å². The predicted molar refractivity (Wildman–Crippen MR) is 80.2 cm³/mol. The van der Waals surface area contributed by atoms with Gasteiger partial charge in [0.1, 0.15) is 0 Å². The number of nitrogens with zero attached hydrogens (tertiary/aromatic N) is 3. The standard InChI is InChI=1S/C16H25N3O2/c1-11(2)10-19-14-6-5-12(20)9-13(14)15(17-19)16(21)18-7-3-4-8-18/h11-12,20H,3-10H2,1-2H3. The highest BCUT2D eigenvalue weighted by Gasteiger charge is 2.31. The Balaban J connectivity index is 1.95. The first-order chi connectivity index (χ1) is 10.1. The smallest absolute Gasteiger partial charge is 0.274 e. The Kier molecular flexibility index (Phi) is 4.02. The molecule has 0 bridgehead atoms. The monoisotopic (exact) mass is 291 g/mol. The molecule has 21 heavy (non-hydrogen) atoms. The minimum absolute atomic E-state index is 0.0559. The number of carbonyl (C=O) groups is 1. The third-order valence-electron chi connectivity index (χ3n) is 4.45. The Morgan fingerprint density at radius 3 is 2.76 bits per heavy atom. The van der Waals surface area contributed by atoms with Gasteiger partial charge < -0.3 is 10.0 Å². The van der Waals surface area contributed by atoms with Crippen molar-refractivity contribution in [2.75, 3.05) is 13.1 Å². The summed E-state index contributed by atoms with van der Waals surface area (Å²) in [6.45, 7) is 6.84. The Hall–Kier alpha value is -1.36. The van der Waals surface area contributed by atoms with Crippen LogP contribution in [0, 0.1) is 5.92 Å². The zero-order valence-corrected chi connectivity index (χ0v) is 13.0. The molecule has 2 aliphatic rings. The first-order valence-electron chi connectivity index (χ1n) is 8.12. The SMILES string of the molecule is CC(C)Cn1nc(C(=O)N2CCCC2)c2c1CCC(O)C2. The molecule has 5 heteroatoms. The summed E-state index contributed by atoms with van der Waals surface area (Å²) in [6.07, 6.45) is 4.01. The minimum Gasteiger partial charge on any atom is -0.393 e. The van der Waals surface area contributed by atoms with Gasteiger partial charge in [0.25, 0.3) is 5.91 Å². The van der Waals surface area contributed by atoms with Gasteiger partial charge >= 0.3 is 0 Å². The number of fused-ring (bicyclic) bond motifs is 1. The first-order valence-corrected chi connectivity index (χ1v) is 8.12. The number of carbonyl (C=O) groups excluding carboxylic acids is 1. The Bertz CT molecular complexity index is 530. The van der Waals surface area contributed by atoms with Crippen molar-refractivity contribution in [2.45, 2.75) is 58.6 Å². The van der Waals surface area contributed by atoms with Gasteiger partial charge in [-0.25, -0.2) is 0 Å². The maximum absolute atomic E-state index is 12.7. The quantitative estimate of drug-likeness (QED) is 0.920. The van der Waals surface area contributed by atoms with Gasteiger partial charge in [0.15, 0.2) is 5.69 Å². The van der Waals surface area contributed by atoms with Crippen LogP contribution in [0.1, 0.15) is 54.9 Å². The molecular weight excluding hydrogens is 266 g/mol.